The van der Waals surface area contributed by atoms with Crippen molar-refractivity contribution in [1.29, 1.82) is 0 Å². The fourth-order valence-corrected chi connectivity index (χ4v) is 0.733. The van der Waals surface area contributed by atoms with Gasteiger partial charge in [0.25, 0.3) is 10.1 Å². The average Bonchev–Trinajstić information content (AvgIpc) is 1.59. The summed E-state index contributed by atoms with van der Waals surface area (Å²) in [5, 5.41) is 0. The maximum atomic E-state index is 10.3. The van der Waals surface area contributed by atoms with Crippen LogP contribution >= 0.6 is 0 Å². The van der Waals surface area contributed by atoms with Crippen molar-refractivity contribution in [1.82, 2.24) is 0 Å². The zero-order chi connectivity index (χ0) is 8.20. The topological polar surface area (TPSA) is 80.7 Å². The van der Waals surface area contributed by atoms with Crippen LogP contribution in [-0.2, 0) is 19.6 Å². The second-order valence-corrected chi connectivity index (χ2v) is 2.98. The zero-order valence-electron chi connectivity index (χ0n) is 6.40. The number of carbonyl (C=O) groups excluding carboxylic acids is 1. The minimum absolute atomic E-state index is 0. The molecule has 11 heavy (non-hydrogen) atoms. The largest absolute Gasteiger partial charge is 0.465 e. The van der Waals surface area contributed by atoms with Gasteiger partial charge in [0.1, 0.15) is 0 Å². The van der Waals surface area contributed by atoms with Gasteiger partial charge in [0.2, 0.25) is 0 Å². The number of esters is 1. The van der Waals surface area contributed by atoms with Crippen LogP contribution < -0.4 is 0 Å². The molecule has 61 valence electrons. The van der Waals surface area contributed by atoms with Gasteiger partial charge in [-0.25, -0.2) is 0 Å². The molecule has 0 spiro atoms. The second kappa shape index (κ2) is 5.96. The minimum Gasteiger partial charge on any atom is -0.465 e. The molecule has 7 heteroatoms. The molecule has 0 rings (SSSR count). The van der Waals surface area contributed by atoms with E-state index in [0.29, 0.717) is 0 Å². The van der Waals surface area contributed by atoms with E-state index in [2.05, 4.69) is 4.74 Å². The molecule has 0 aromatic carbocycles. The maximum Gasteiger partial charge on any atom is 0.323 e. The molecule has 5 nitrogen and oxygen atoms in total. The van der Waals surface area contributed by atoms with E-state index >= 15 is 0 Å². The third-order valence-electron chi connectivity index (χ3n) is 0.606. The van der Waals surface area contributed by atoms with E-state index in [1.165, 1.54) is 0 Å². The smallest absolute Gasteiger partial charge is 0.323 e. The molecule has 0 saturated carbocycles. The summed E-state index contributed by atoms with van der Waals surface area (Å²) in [7, 11) is -4.22. The molecule has 1 N–H and O–H groups in total. The second-order valence-electron chi connectivity index (χ2n) is 1.53. The minimum atomic E-state index is -4.22. The maximum absolute atomic E-state index is 10.3. The number of carbonyl (C=O) groups is 1. The van der Waals surface area contributed by atoms with Gasteiger partial charge >= 0.3 is 5.97 Å². The Morgan fingerprint density at radius 3 is 2.27 bits per heavy atom. The standard InChI is InChI=1S/C4H8O5S.Na/c1-2-9-4(5)3-10(6,7)8;/h2-3H2,1H3,(H,6,7,8);. The first kappa shape index (κ1) is 13.9. The van der Waals surface area contributed by atoms with Crippen molar-refractivity contribution in [3.05, 3.63) is 0 Å². The summed E-state index contributed by atoms with van der Waals surface area (Å²) in [6.45, 7) is 1.65. The quantitative estimate of drug-likeness (QED) is 0.353. The SMILES string of the molecule is CCOC(=O)CS(=O)(=O)O.[Na]. The van der Waals surface area contributed by atoms with Crippen molar-refractivity contribution in [3.8, 4) is 0 Å². The van der Waals surface area contributed by atoms with Gasteiger partial charge in [-0.3, -0.25) is 9.35 Å². The molecule has 0 bridgehead atoms. The Bertz CT molecular complexity index is 209. The van der Waals surface area contributed by atoms with Crippen LogP contribution in [-0.4, -0.2) is 60.9 Å². The Kier molecular flexibility index (Phi) is 7.55. The summed E-state index contributed by atoms with van der Waals surface area (Å²) in [6, 6.07) is 0. The Morgan fingerprint density at radius 1 is 1.55 bits per heavy atom. The van der Waals surface area contributed by atoms with Crippen LogP contribution in [0.1, 0.15) is 6.92 Å². The molecule has 0 fully saturated rings. The first-order chi connectivity index (χ1) is 4.45. The fourth-order valence-electron chi connectivity index (χ4n) is 0.352. The molecule has 0 aliphatic carbocycles. The van der Waals surface area contributed by atoms with Crippen molar-refractivity contribution in [2.24, 2.45) is 0 Å². The zero-order valence-corrected chi connectivity index (χ0v) is 9.22. The molecule has 0 unspecified atom stereocenters. The summed E-state index contributed by atoms with van der Waals surface area (Å²) >= 11 is 0. The molecule has 0 heterocycles. The van der Waals surface area contributed by atoms with E-state index in [4.69, 9.17) is 4.55 Å². The molecule has 0 aromatic rings. The third kappa shape index (κ3) is 10.4. The van der Waals surface area contributed by atoms with Crippen molar-refractivity contribution in [2.45, 2.75) is 6.92 Å². The Balaban J connectivity index is 0. The Hall–Kier alpha value is 0.380. The molecule has 0 aliphatic heterocycles. The van der Waals surface area contributed by atoms with Gasteiger partial charge in [0.05, 0.1) is 6.61 Å². The van der Waals surface area contributed by atoms with Crippen LogP contribution in [0.25, 0.3) is 0 Å². The molecule has 0 aliphatic rings. The van der Waals surface area contributed by atoms with Gasteiger partial charge in [-0.2, -0.15) is 8.42 Å². The van der Waals surface area contributed by atoms with Crippen LogP contribution in [0.3, 0.4) is 0 Å². The molecule has 0 atom stereocenters. The van der Waals surface area contributed by atoms with Gasteiger partial charge < -0.3 is 4.74 Å². The number of rotatable bonds is 3. The van der Waals surface area contributed by atoms with Crippen LogP contribution in [0.4, 0.5) is 0 Å². The van der Waals surface area contributed by atoms with Crippen LogP contribution in [0, 0.1) is 0 Å². The molecular weight excluding hydrogens is 183 g/mol. The van der Waals surface area contributed by atoms with Crippen LogP contribution in [0.15, 0.2) is 0 Å². The number of ether oxygens (including phenoxy) is 1. The Labute approximate surface area is 87.2 Å². The molecule has 1 radical (unpaired) electrons. The summed E-state index contributed by atoms with van der Waals surface area (Å²) in [5.74, 6) is -1.91. The first-order valence-electron chi connectivity index (χ1n) is 2.56. The van der Waals surface area contributed by atoms with E-state index in [0.717, 1.165) is 0 Å². The number of hydrogen-bond acceptors (Lipinski definition) is 4. The summed E-state index contributed by atoms with van der Waals surface area (Å²) in [4.78, 5) is 10.3. The van der Waals surface area contributed by atoms with Gasteiger partial charge in [0, 0.05) is 29.6 Å². The Morgan fingerprint density at radius 2 is 2.00 bits per heavy atom. The molecule has 0 aromatic heterocycles. The summed E-state index contributed by atoms with van der Waals surface area (Å²) in [6.07, 6.45) is 0. The monoisotopic (exact) mass is 191 g/mol. The first-order valence-corrected chi connectivity index (χ1v) is 4.17. The molecule has 0 saturated heterocycles. The number of hydrogen-bond donors (Lipinski definition) is 1. The van der Waals surface area contributed by atoms with E-state index in [9.17, 15) is 13.2 Å². The average molecular weight is 191 g/mol. The van der Waals surface area contributed by atoms with Crippen molar-refractivity contribution >= 4 is 45.6 Å². The van der Waals surface area contributed by atoms with Crippen molar-refractivity contribution in [2.75, 3.05) is 12.4 Å². The van der Waals surface area contributed by atoms with Crippen molar-refractivity contribution in [3.63, 3.8) is 0 Å². The van der Waals surface area contributed by atoms with Crippen molar-refractivity contribution < 1.29 is 22.5 Å². The predicted molar refractivity (Wildman–Crippen MR) is 38.8 cm³/mol. The third-order valence-corrected chi connectivity index (χ3v) is 1.21. The van der Waals surface area contributed by atoms with E-state index in [1.807, 2.05) is 0 Å². The van der Waals surface area contributed by atoms with Gasteiger partial charge in [-0.15, -0.1) is 0 Å². The van der Waals surface area contributed by atoms with E-state index < -0.39 is 21.8 Å². The van der Waals surface area contributed by atoms with Gasteiger partial charge in [-0.05, 0) is 6.92 Å². The van der Waals surface area contributed by atoms with E-state index in [-0.39, 0.29) is 36.2 Å². The van der Waals surface area contributed by atoms with Crippen LogP contribution in [0.2, 0.25) is 0 Å². The van der Waals surface area contributed by atoms with Gasteiger partial charge in [0.15, 0.2) is 5.75 Å². The van der Waals surface area contributed by atoms with E-state index in [1.54, 1.807) is 6.92 Å². The predicted octanol–water partition coefficient (Wildman–Crippen LogP) is -0.944. The fraction of sp³-hybridized carbons (Fsp3) is 0.750. The summed E-state index contributed by atoms with van der Waals surface area (Å²) in [5.41, 5.74) is 0. The molecule has 0 amide bonds. The summed E-state index contributed by atoms with van der Waals surface area (Å²) < 4.78 is 32.3. The molecular formula is C4H8NaO5S. The normalized spacial score (nSPS) is 10.0. The van der Waals surface area contributed by atoms with Gasteiger partial charge in [-0.1, -0.05) is 0 Å². The van der Waals surface area contributed by atoms with Crippen LogP contribution in [0.5, 0.6) is 0 Å².